The van der Waals surface area contributed by atoms with E-state index in [9.17, 15) is 4.79 Å². The molecule has 0 bridgehead atoms. The second-order valence-corrected chi connectivity index (χ2v) is 6.90. The summed E-state index contributed by atoms with van der Waals surface area (Å²) >= 11 is 0. The maximum absolute atomic E-state index is 12.0. The second kappa shape index (κ2) is 12.1. The van der Waals surface area contributed by atoms with Crippen molar-refractivity contribution in [3.63, 3.8) is 0 Å². The van der Waals surface area contributed by atoms with Crippen LogP contribution in [0.3, 0.4) is 0 Å². The van der Waals surface area contributed by atoms with E-state index in [2.05, 4.69) is 34.4 Å². The van der Waals surface area contributed by atoms with E-state index in [0.717, 1.165) is 56.5 Å². The van der Waals surface area contributed by atoms with Crippen molar-refractivity contribution in [3.8, 4) is 0 Å². The molecule has 26 heavy (non-hydrogen) atoms. The fourth-order valence-electron chi connectivity index (χ4n) is 3.15. The van der Waals surface area contributed by atoms with Crippen molar-refractivity contribution >= 4 is 35.8 Å². The summed E-state index contributed by atoms with van der Waals surface area (Å²) in [6.07, 6.45) is 4.63. The number of aliphatic imine (C=N–C) groups is 1. The van der Waals surface area contributed by atoms with Crippen molar-refractivity contribution < 1.29 is 4.79 Å². The fraction of sp³-hybridized carbons (Fsp3) is 0.600. The zero-order chi connectivity index (χ0) is 18.1. The summed E-state index contributed by atoms with van der Waals surface area (Å²) < 4.78 is 0. The minimum absolute atomic E-state index is 0. The Morgan fingerprint density at radius 2 is 2.00 bits per heavy atom. The molecule has 0 spiro atoms. The van der Waals surface area contributed by atoms with Crippen molar-refractivity contribution in [2.75, 3.05) is 26.7 Å². The maximum atomic E-state index is 12.0. The number of piperidine rings is 1. The summed E-state index contributed by atoms with van der Waals surface area (Å²) in [5.74, 6) is 1.69. The lowest BCUT2D eigenvalue weighted by Gasteiger charge is -2.33. The van der Waals surface area contributed by atoms with Crippen LogP contribution in [0.2, 0.25) is 0 Å². The van der Waals surface area contributed by atoms with Gasteiger partial charge in [0.2, 0.25) is 0 Å². The quantitative estimate of drug-likeness (QED) is 0.288. The van der Waals surface area contributed by atoms with Gasteiger partial charge in [0.1, 0.15) is 0 Å². The number of nitrogens with one attached hydrogen (secondary N) is 2. The van der Waals surface area contributed by atoms with Gasteiger partial charge in [-0.15, -0.1) is 24.0 Å². The van der Waals surface area contributed by atoms with E-state index in [1.54, 1.807) is 0 Å². The smallest absolute Gasteiger partial charge is 0.251 e. The molecular weight excluding hydrogens is 439 g/mol. The van der Waals surface area contributed by atoms with Gasteiger partial charge in [-0.05, 0) is 42.9 Å². The summed E-state index contributed by atoms with van der Waals surface area (Å²) in [5, 5.41) is 6.39. The van der Waals surface area contributed by atoms with Crippen LogP contribution >= 0.6 is 24.0 Å². The summed E-state index contributed by atoms with van der Waals surface area (Å²) in [6.45, 7) is 8.01. The van der Waals surface area contributed by atoms with E-state index in [1.165, 1.54) is 12.8 Å². The van der Waals surface area contributed by atoms with Crippen LogP contribution in [0.25, 0.3) is 0 Å². The van der Waals surface area contributed by atoms with Gasteiger partial charge in [-0.25, -0.2) is 0 Å². The number of carbonyl (C=O) groups is 1. The maximum Gasteiger partial charge on any atom is 0.251 e. The third kappa shape index (κ3) is 7.13. The Balaban J connectivity index is 0.00000338. The Bertz CT molecular complexity index is 574. The van der Waals surface area contributed by atoms with E-state index in [-0.39, 0.29) is 29.9 Å². The van der Waals surface area contributed by atoms with E-state index < -0.39 is 0 Å². The number of amides is 1. The Morgan fingerprint density at radius 1 is 1.27 bits per heavy atom. The number of halogens is 1. The molecule has 2 rings (SSSR count). The van der Waals surface area contributed by atoms with Crippen molar-refractivity contribution in [2.24, 2.45) is 10.9 Å². The van der Waals surface area contributed by atoms with Crippen LogP contribution in [0.1, 0.15) is 55.5 Å². The molecule has 0 radical (unpaired) electrons. The van der Waals surface area contributed by atoms with Crippen molar-refractivity contribution in [1.82, 2.24) is 15.5 Å². The molecule has 146 valence electrons. The highest BCUT2D eigenvalue weighted by molar-refractivity contribution is 14.0. The number of nitrogens with zero attached hydrogens (tertiary/aromatic N) is 2. The number of unbranched alkanes of at least 4 members (excludes halogenated alkanes) is 1. The van der Waals surface area contributed by atoms with Crippen LogP contribution in [-0.4, -0.2) is 43.4 Å². The first kappa shape index (κ1) is 22.7. The van der Waals surface area contributed by atoms with Gasteiger partial charge < -0.3 is 15.5 Å². The molecule has 1 heterocycles. The molecule has 1 aromatic carbocycles. The molecule has 1 fully saturated rings. The van der Waals surface area contributed by atoms with Gasteiger partial charge in [0.15, 0.2) is 5.96 Å². The van der Waals surface area contributed by atoms with Gasteiger partial charge in [0, 0.05) is 38.8 Å². The Morgan fingerprint density at radius 3 is 2.62 bits per heavy atom. The first-order chi connectivity index (χ1) is 12.1. The predicted octanol–water partition coefficient (Wildman–Crippen LogP) is 3.64. The number of guanidine groups is 1. The van der Waals surface area contributed by atoms with Gasteiger partial charge in [0.05, 0.1) is 0 Å². The van der Waals surface area contributed by atoms with Crippen LogP contribution < -0.4 is 10.6 Å². The molecule has 1 unspecified atom stereocenters. The van der Waals surface area contributed by atoms with Gasteiger partial charge in [-0.1, -0.05) is 32.4 Å². The summed E-state index contributed by atoms with van der Waals surface area (Å²) in [5.41, 5.74) is 1.87. The largest absolute Gasteiger partial charge is 0.352 e. The molecule has 1 aliphatic rings. The summed E-state index contributed by atoms with van der Waals surface area (Å²) in [4.78, 5) is 18.8. The lowest BCUT2D eigenvalue weighted by Crippen LogP contribution is -2.45. The fourth-order valence-corrected chi connectivity index (χ4v) is 3.15. The first-order valence-electron chi connectivity index (χ1n) is 9.46. The summed E-state index contributed by atoms with van der Waals surface area (Å²) in [7, 11) is 1.84. The molecule has 1 amide bonds. The van der Waals surface area contributed by atoms with E-state index >= 15 is 0 Å². The van der Waals surface area contributed by atoms with Crippen molar-refractivity contribution in [2.45, 2.75) is 46.1 Å². The average Bonchev–Trinajstić information content (AvgIpc) is 2.63. The van der Waals surface area contributed by atoms with Gasteiger partial charge in [-0.2, -0.15) is 0 Å². The SMILES string of the molecule is CCCCNC(=O)c1ccc(CNC(=NC)N2CCCC(C)C2)cc1.I. The molecule has 1 aliphatic heterocycles. The topological polar surface area (TPSA) is 56.7 Å². The minimum Gasteiger partial charge on any atom is -0.352 e. The molecule has 0 saturated carbocycles. The highest BCUT2D eigenvalue weighted by Gasteiger charge is 2.18. The van der Waals surface area contributed by atoms with Crippen molar-refractivity contribution in [1.29, 1.82) is 0 Å². The molecule has 2 N–H and O–H groups in total. The van der Waals surface area contributed by atoms with Crippen LogP contribution in [0.5, 0.6) is 0 Å². The van der Waals surface area contributed by atoms with Gasteiger partial charge >= 0.3 is 0 Å². The number of benzene rings is 1. The number of rotatable bonds is 6. The van der Waals surface area contributed by atoms with Gasteiger partial charge in [-0.3, -0.25) is 9.79 Å². The predicted molar refractivity (Wildman–Crippen MR) is 119 cm³/mol. The monoisotopic (exact) mass is 472 g/mol. The van der Waals surface area contributed by atoms with Gasteiger partial charge in [0.25, 0.3) is 5.91 Å². The average molecular weight is 472 g/mol. The second-order valence-electron chi connectivity index (χ2n) is 6.90. The van der Waals surface area contributed by atoms with Crippen LogP contribution in [0, 0.1) is 5.92 Å². The van der Waals surface area contributed by atoms with Crippen molar-refractivity contribution in [3.05, 3.63) is 35.4 Å². The highest BCUT2D eigenvalue weighted by atomic mass is 127. The molecule has 0 aliphatic carbocycles. The van der Waals surface area contributed by atoms with E-state index in [1.807, 2.05) is 31.3 Å². The lowest BCUT2D eigenvalue weighted by molar-refractivity contribution is 0.0953. The number of hydrogen-bond acceptors (Lipinski definition) is 2. The summed E-state index contributed by atoms with van der Waals surface area (Å²) in [6, 6.07) is 7.80. The number of hydrogen-bond donors (Lipinski definition) is 2. The first-order valence-corrected chi connectivity index (χ1v) is 9.46. The number of carbonyl (C=O) groups excluding carboxylic acids is 1. The molecule has 1 atom stereocenters. The molecule has 5 nitrogen and oxygen atoms in total. The molecule has 6 heteroatoms. The molecular formula is C20H33IN4O. The standard InChI is InChI=1S/C20H32N4O.HI/c1-4-5-12-22-19(25)18-10-8-17(9-11-18)14-23-20(21-3)24-13-6-7-16(2)15-24;/h8-11,16H,4-7,12-15H2,1-3H3,(H,21,23)(H,22,25);1H. The molecule has 1 aromatic rings. The molecule has 0 aromatic heterocycles. The normalized spacial score (nSPS) is 17.4. The van der Waals surface area contributed by atoms with Crippen LogP contribution in [0.15, 0.2) is 29.3 Å². The Labute approximate surface area is 175 Å². The zero-order valence-electron chi connectivity index (χ0n) is 16.3. The van der Waals surface area contributed by atoms with Crippen LogP contribution in [0.4, 0.5) is 0 Å². The lowest BCUT2D eigenvalue weighted by atomic mass is 10.0. The Kier molecular flexibility index (Phi) is 10.6. The third-order valence-corrected chi connectivity index (χ3v) is 4.65. The minimum atomic E-state index is 0. The number of likely N-dealkylation sites (tertiary alicyclic amines) is 1. The van der Waals surface area contributed by atoms with E-state index in [0.29, 0.717) is 5.56 Å². The van der Waals surface area contributed by atoms with E-state index in [4.69, 9.17) is 0 Å². The van der Waals surface area contributed by atoms with Crippen LogP contribution in [-0.2, 0) is 6.54 Å². The highest BCUT2D eigenvalue weighted by Crippen LogP contribution is 2.15. The molecule has 1 saturated heterocycles. The zero-order valence-corrected chi connectivity index (χ0v) is 18.6. The third-order valence-electron chi connectivity index (χ3n) is 4.65. The Hall–Kier alpha value is -1.31.